The molecule has 2 atom stereocenters. The van der Waals surface area contributed by atoms with E-state index in [-0.39, 0.29) is 0 Å². The van der Waals surface area contributed by atoms with E-state index in [0.717, 1.165) is 5.92 Å². The molecule has 0 nitrogen and oxygen atoms in total. The summed E-state index contributed by atoms with van der Waals surface area (Å²) in [6.07, 6.45) is 8.13. The minimum Gasteiger partial charge on any atom is -0.0926 e. The molecular formula is C14H21PS. The highest BCUT2D eigenvalue weighted by atomic mass is 32.4. The van der Waals surface area contributed by atoms with Crippen molar-refractivity contribution in [1.82, 2.24) is 0 Å². The Bertz CT molecular complexity index is 372. The van der Waals surface area contributed by atoms with Crippen LogP contribution < -0.4 is 5.30 Å². The molecule has 0 radical (unpaired) electrons. The zero-order valence-corrected chi connectivity index (χ0v) is 11.8. The van der Waals surface area contributed by atoms with Crippen LogP contribution in [0.15, 0.2) is 30.3 Å². The van der Waals surface area contributed by atoms with Crippen LogP contribution in [0, 0.1) is 5.92 Å². The fraction of sp³-hybridized carbons (Fsp3) is 0.571. The first-order chi connectivity index (χ1) is 7.74. The zero-order chi connectivity index (χ0) is 11.4. The number of rotatable bonds is 4. The molecule has 0 N–H and O–H groups in total. The van der Waals surface area contributed by atoms with Crippen molar-refractivity contribution in [2.24, 2.45) is 5.92 Å². The van der Waals surface area contributed by atoms with Gasteiger partial charge in [0.2, 0.25) is 0 Å². The number of benzene rings is 1. The maximum Gasteiger partial charge on any atom is -0.0142 e. The third-order valence-corrected chi connectivity index (χ3v) is 8.60. The lowest BCUT2D eigenvalue weighted by atomic mass is 10.0. The molecule has 1 aromatic carbocycles. The maximum absolute atomic E-state index is 5.97. The molecule has 1 aliphatic heterocycles. The average Bonchev–Trinajstić information content (AvgIpc) is 2.71. The molecule has 2 rings (SSSR count). The van der Waals surface area contributed by atoms with Crippen molar-refractivity contribution >= 4 is 23.1 Å². The first-order valence-electron chi connectivity index (χ1n) is 6.38. The Kier molecular flexibility index (Phi) is 4.21. The van der Waals surface area contributed by atoms with E-state index in [0.29, 0.717) is 0 Å². The molecule has 0 saturated carbocycles. The van der Waals surface area contributed by atoms with E-state index in [9.17, 15) is 0 Å². The Labute approximate surface area is 104 Å². The molecule has 1 fully saturated rings. The second-order valence-corrected chi connectivity index (χ2v) is 10.1. The van der Waals surface area contributed by atoms with Crippen molar-refractivity contribution in [2.45, 2.75) is 32.6 Å². The average molecular weight is 252 g/mol. The summed E-state index contributed by atoms with van der Waals surface area (Å²) in [6.45, 7) is 2.28. The van der Waals surface area contributed by atoms with E-state index in [1.165, 1.54) is 43.3 Å². The molecule has 2 unspecified atom stereocenters. The van der Waals surface area contributed by atoms with Crippen molar-refractivity contribution < 1.29 is 0 Å². The van der Waals surface area contributed by atoms with Crippen LogP contribution in [0.3, 0.4) is 0 Å². The highest BCUT2D eigenvalue weighted by Gasteiger charge is 2.30. The van der Waals surface area contributed by atoms with E-state index in [1.807, 2.05) is 0 Å². The van der Waals surface area contributed by atoms with Crippen LogP contribution in [0.4, 0.5) is 0 Å². The first-order valence-corrected chi connectivity index (χ1v) is 9.55. The molecule has 88 valence electrons. The zero-order valence-electron chi connectivity index (χ0n) is 10.1. The summed E-state index contributed by atoms with van der Waals surface area (Å²) in [4.78, 5) is 0. The first kappa shape index (κ1) is 12.3. The van der Waals surface area contributed by atoms with Crippen LogP contribution in [0.2, 0.25) is 0 Å². The van der Waals surface area contributed by atoms with Crippen molar-refractivity contribution in [1.29, 1.82) is 0 Å². The van der Waals surface area contributed by atoms with Gasteiger partial charge in [0.1, 0.15) is 0 Å². The summed E-state index contributed by atoms with van der Waals surface area (Å²) in [5.74, 6) is 0.922. The fourth-order valence-electron chi connectivity index (χ4n) is 2.65. The van der Waals surface area contributed by atoms with Gasteiger partial charge in [-0.15, -0.1) is 0 Å². The predicted octanol–water partition coefficient (Wildman–Crippen LogP) is 4.00. The molecule has 16 heavy (non-hydrogen) atoms. The lowest BCUT2D eigenvalue weighted by Gasteiger charge is -2.16. The number of hydrogen-bond donors (Lipinski definition) is 0. The van der Waals surface area contributed by atoms with Gasteiger partial charge in [0.15, 0.2) is 0 Å². The molecule has 1 saturated heterocycles. The Morgan fingerprint density at radius 2 is 2.06 bits per heavy atom. The highest BCUT2D eigenvalue weighted by Crippen LogP contribution is 2.54. The van der Waals surface area contributed by atoms with Gasteiger partial charge in [0.25, 0.3) is 0 Å². The van der Waals surface area contributed by atoms with Crippen LogP contribution >= 0.6 is 6.04 Å². The quantitative estimate of drug-likeness (QED) is 0.730. The van der Waals surface area contributed by atoms with Gasteiger partial charge in [-0.1, -0.05) is 68.3 Å². The minimum atomic E-state index is -1.19. The van der Waals surface area contributed by atoms with Crippen LogP contribution in [0.25, 0.3) is 0 Å². The summed E-state index contributed by atoms with van der Waals surface area (Å²) in [7, 11) is 0. The highest BCUT2D eigenvalue weighted by molar-refractivity contribution is 8.18. The summed E-state index contributed by atoms with van der Waals surface area (Å²) in [5, 5.41) is 1.48. The Balaban J connectivity index is 2.04. The summed E-state index contributed by atoms with van der Waals surface area (Å²) in [5.41, 5.74) is 0. The molecule has 0 spiro atoms. The van der Waals surface area contributed by atoms with Gasteiger partial charge in [0.05, 0.1) is 0 Å². The van der Waals surface area contributed by atoms with E-state index in [1.54, 1.807) is 0 Å². The normalized spacial score (nSPS) is 29.4. The number of hydrogen-bond acceptors (Lipinski definition) is 1. The summed E-state index contributed by atoms with van der Waals surface area (Å²) < 4.78 is 0. The Morgan fingerprint density at radius 3 is 2.75 bits per heavy atom. The van der Waals surface area contributed by atoms with Gasteiger partial charge in [-0.05, 0) is 36.0 Å². The van der Waals surface area contributed by atoms with Crippen LogP contribution in [0.5, 0.6) is 0 Å². The maximum atomic E-state index is 5.97. The molecule has 0 aliphatic carbocycles. The minimum absolute atomic E-state index is 0.922. The van der Waals surface area contributed by atoms with Crippen molar-refractivity contribution in [2.75, 3.05) is 12.3 Å². The van der Waals surface area contributed by atoms with Crippen LogP contribution in [-0.4, -0.2) is 12.3 Å². The van der Waals surface area contributed by atoms with E-state index in [4.69, 9.17) is 11.8 Å². The fourth-order valence-corrected chi connectivity index (χ4v) is 7.32. The van der Waals surface area contributed by atoms with E-state index >= 15 is 0 Å². The summed E-state index contributed by atoms with van der Waals surface area (Å²) in [6, 6.07) is 9.70. The van der Waals surface area contributed by atoms with Crippen molar-refractivity contribution in [3.05, 3.63) is 30.3 Å². The molecule has 0 aromatic heterocycles. The van der Waals surface area contributed by atoms with Gasteiger partial charge in [-0.2, -0.15) is 0 Å². The topological polar surface area (TPSA) is 0 Å². The van der Waals surface area contributed by atoms with Crippen LogP contribution in [0.1, 0.15) is 32.6 Å². The largest absolute Gasteiger partial charge is 0.0926 e. The smallest absolute Gasteiger partial charge is 0.0142 e. The third kappa shape index (κ3) is 2.76. The van der Waals surface area contributed by atoms with Gasteiger partial charge in [-0.25, -0.2) is 0 Å². The second kappa shape index (κ2) is 5.47. The molecule has 1 heterocycles. The SMILES string of the molecule is CCCCC1CCP(=S)(c2ccccc2)C1. The molecule has 2 heteroatoms. The Morgan fingerprint density at radius 1 is 1.31 bits per heavy atom. The second-order valence-electron chi connectivity index (χ2n) is 4.93. The summed E-state index contributed by atoms with van der Waals surface area (Å²) >= 11 is 5.97. The van der Waals surface area contributed by atoms with Gasteiger partial charge in [-0.3, -0.25) is 0 Å². The monoisotopic (exact) mass is 252 g/mol. The van der Waals surface area contributed by atoms with Gasteiger partial charge >= 0.3 is 0 Å². The number of unbranched alkanes of at least 4 members (excludes halogenated alkanes) is 1. The molecule has 1 aliphatic rings. The van der Waals surface area contributed by atoms with Gasteiger partial charge < -0.3 is 0 Å². The lowest BCUT2D eigenvalue weighted by molar-refractivity contribution is 0.517. The van der Waals surface area contributed by atoms with Crippen LogP contribution in [-0.2, 0) is 11.8 Å². The molecule has 0 bridgehead atoms. The Hall–Kier alpha value is -0.130. The lowest BCUT2D eigenvalue weighted by Crippen LogP contribution is -2.06. The van der Waals surface area contributed by atoms with E-state index < -0.39 is 6.04 Å². The molecule has 0 amide bonds. The van der Waals surface area contributed by atoms with Crippen molar-refractivity contribution in [3.8, 4) is 0 Å². The van der Waals surface area contributed by atoms with E-state index in [2.05, 4.69) is 37.3 Å². The standard InChI is InChI=1S/C14H21PS/c1-2-3-7-13-10-11-15(16,12-13)14-8-5-4-6-9-14/h4-6,8-9,13H,2-3,7,10-12H2,1H3. The third-order valence-electron chi connectivity index (χ3n) is 3.64. The molecular weight excluding hydrogens is 231 g/mol. The molecule has 1 aromatic rings. The van der Waals surface area contributed by atoms with Crippen molar-refractivity contribution in [3.63, 3.8) is 0 Å². The van der Waals surface area contributed by atoms with Gasteiger partial charge in [0, 0.05) is 0 Å². The predicted molar refractivity (Wildman–Crippen MR) is 77.7 cm³/mol.